The number of rotatable bonds is 2. The Kier molecular flexibility index (Phi) is 1.52. The van der Waals surface area contributed by atoms with Crippen molar-refractivity contribution in [3.8, 4) is 0 Å². The first kappa shape index (κ1) is 7.28. The van der Waals surface area contributed by atoms with Crippen molar-refractivity contribution in [1.82, 2.24) is 0 Å². The van der Waals surface area contributed by atoms with E-state index in [1.807, 2.05) is 11.4 Å². The van der Waals surface area contributed by atoms with Gasteiger partial charge in [-0.1, -0.05) is 11.6 Å². The van der Waals surface area contributed by atoms with Crippen molar-refractivity contribution in [3.63, 3.8) is 0 Å². The summed E-state index contributed by atoms with van der Waals surface area (Å²) in [5.41, 5.74) is 5.32. The molecular formula is C7H7ClN2S. The molecule has 1 unspecified atom stereocenters. The van der Waals surface area contributed by atoms with Gasteiger partial charge in [-0.05, 0) is 11.4 Å². The van der Waals surface area contributed by atoms with Crippen molar-refractivity contribution in [2.75, 3.05) is 0 Å². The highest BCUT2D eigenvalue weighted by Gasteiger charge is 2.32. The van der Waals surface area contributed by atoms with Gasteiger partial charge in [-0.3, -0.25) is 4.99 Å². The molecule has 0 saturated heterocycles. The number of halogens is 1. The molecule has 0 fully saturated rings. The molecule has 2 nitrogen and oxygen atoms in total. The van der Waals surface area contributed by atoms with Gasteiger partial charge in [0.15, 0.2) is 0 Å². The summed E-state index contributed by atoms with van der Waals surface area (Å²) >= 11 is 7.50. The summed E-state index contributed by atoms with van der Waals surface area (Å²) in [4.78, 5) is 5.07. The highest BCUT2D eigenvalue weighted by molar-refractivity contribution is 7.10. The van der Waals surface area contributed by atoms with Gasteiger partial charge in [0.1, 0.15) is 5.66 Å². The predicted molar refractivity (Wildman–Crippen MR) is 48.4 cm³/mol. The number of hydrogen-bond donors (Lipinski definition) is 1. The molecule has 58 valence electrons. The maximum Gasteiger partial charge on any atom is 0.148 e. The van der Waals surface area contributed by atoms with Gasteiger partial charge in [-0.15, -0.1) is 11.3 Å². The number of thiophene rings is 1. The van der Waals surface area contributed by atoms with Crippen molar-refractivity contribution in [2.24, 2.45) is 10.7 Å². The van der Waals surface area contributed by atoms with Gasteiger partial charge < -0.3 is 5.73 Å². The van der Waals surface area contributed by atoms with Crippen molar-refractivity contribution >= 4 is 29.2 Å². The lowest BCUT2D eigenvalue weighted by atomic mass is 10.2. The molecule has 2 heterocycles. The van der Waals surface area contributed by atoms with Crippen LogP contribution in [0.25, 0.3) is 0 Å². The zero-order chi connectivity index (χ0) is 7.90. The summed E-state index contributed by atoms with van der Waals surface area (Å²) in [5.74, 6) is 0. The highest BCUT2D eigenvalue weighted by atomic mass is 35.5. The van der Waals surface area contributed by atoms with Gasteiger partial charge in [-0.2, -0.15) is 0 Å². The van der Waals surface area contributed by atoms with Crippen LogP contribution in [0.5, 0.6) is 0 Å². The van der Waals surface area contributed by atoms with Crippen molar-refractivity contribution in [2.45, 2.75) is 12.1 Å². The van der Waals surface area contributed by atoms with E-state index in [9.17, 15) is 0 Å². The molecule has 1 aliphatic heterocycles. The minimum Gasteiger partial charge on any atom is -0.302 e. The number of aliphatic imine (C=N–C) groups is 1. The van der Waals surface area contributed by atoms with Crippen LogP contribution < -0.4 is 5.73 Å². The van der Waals surface area contributed by atoms with E-state index in [1.54, 1.807) is 17.6 Å². The third kappa shape index (κ3) is 1.45. The largest absolute Gasteiger partial charge is 0.302 e. The maximum absolute atomic E-state index is 5.87. The Labute approximate surface area is 73.7 Å². The molecule has 0 amide bonds. The van der Waals surface area contributed by atoms with E-state index in [1.165, 1.54) is 0 Å². The van der Waals surface area contributed by atoms with E-state index in [0.29, 0.717) is 0 Å². The fourth-order valence-corrected chi connectivity index (χ4v) is 2.08. The van der Waals surface area contributed by atoms with Gasteiger partial charge in [-0.25, -0.2) is 0 Å². The summed E-state index contributed by atoms with van der Waals surface area (Å²) in [7, 11) is 0. The molecule has 1 atom stereocenters. The Morgan fingerprint density at radius 1 is 1.73 bits per heavy atom. The molecule has 0 radical (unpaired) electrons. The van der Waals surface area contributed by atoms with Gasteiger partial charge in [0.05, 0.1) is 5.02 Å². The summed E-state index contributed by atoms with van der Waals surface area (Å²) in [5, 5.41) is 2.76. The van der Waals surface area contributed by atoms with Crippen LogP contribution in [0, 0.1) is 0 Å². The van der Waals surface area contributed by atoms with Crippen LogP contribution in [0.3, 0.4) is 0 Å². The Bertz CT molecular complexity index is 299. The van der Waals surface area contributed by atoms with Crippen molar-refractivity contribution < 1.29 is 0 Å². The average Bonchev–Trinajstić information content (AvgIpc) is 2.54. The van der Waals surface area contributed by atoms with Crippen LogP contribution in [-0.4, -0.2) is 11.9 Å². The molecule has 0 saturated carbocycles. The third-order valence-electron chi connectivity index (χ3n) is 1.60. The SMILES string of the molecule is NC1(Cc2sccc2Cl)C=N1. The molecule has 1 aliphatic rings. The molecule has 11 heavy (non-hydrogen) atoms. The summed E-state index contributed by atoms with van der Waals surface area (Å²) in [6, 6.07) is 1.88. The summed E-state index contributed by atoms with van der Waals surface area (Å²) in [6.07, 6.45) is 2.49. The molecule has 2 rings (SSSR count). The predicted octanol–water partition coefficient (Wildman–Crippen LogP) is 1.68. The zero-order valence-corrected chi connectivity index (χ0v) is 7.32. The number of nitrogens with zero attached hydrogens (tertiary/aromatic N) is 1. The zero-order valence-electron chi connectivity index (χ0n) is 5.75. The van der Waals surface area contributed by atoms with Crippen LogP contribution >= 0.6 is 22.9 Å². The molecule has 1 aromatic heterocycles. The van der Waals surface area contributed by atoms with Crippen LogP contribution in [0.1, 0.15) is 4.88 Å². The lowest BCUT2D eigenvalue weighted by Gasteiger charge is -2.03. The molecule has 0 aromatic carbocycles. The summed E-state index contributed by atoms with van der Waals surface area (Å²) < 4.78 is 0. The van der Waals surface area contributed by atoms with E-state index in [4.69, 9.17) is 17.3 Å². The average molecular weight is 187 g/mol. The van der Waals surface area contributed by atoms with E-state index in [0.717, 1.165) is 16.3 Å². The monoisotopic (exact) mass is 186 g/mol. The molecule has 1 aromatic rings. The fraction of sp³-hybridized carbons (Fsp3) is 0.286. The van der Waals surface area contributed by atoms with Gasteiger partial charge in [0.2, 0.25) is 0 Å². The lowest BCUT2D eigenvalue weighted by molar-refractivity contribution is 0.700. The molecule has 2 N–H and O–H groups in total. The van der Waals surface area contributed by atoms with Gasteiger partial charge in [0, 0.05) is 17.5 Å². The fourth-order valence-electron chi connectivity index (χ4n) is 0.883. The second kappa shape index (κ2) is 2.30. The summed E-state index contributed by atoms with van der Waals surface area (Å²) in [6.45, 7) is 0. The maximum atomic E-state index is 5.87. The van der Waals surface area contributed by atoms with E-state index in [2.05, 4.69) is 4.99 Å². The van der Waals surface area contributed by atoms with Gasteiger partial charge >= 0.3 is 0 Å². The minimum absolute atomic E-state index is 0.408. The van der Waals surface area contributed by atoms with E-state index < -0.39 is 5.66 Å². The van der Waals surface area contributed by atoms with E-state index >= 15 is 0 Å². The Balaban J connectivity index is 2.12. The quantitative estimate of drug-likeness (QED) is 0.750. The Morgan fingerprint density at radius 3 is 2.91 bits per heavy atom. The highest BCUT2D eigenvalue weighted by Crippen LogP contribution is 2.28. The normalized spacial score (nSPS) is 27.5. The number of hydrogen-bond acceptors (Lipinski definition) is 3. The third-order valence-corrected chi connectivity index (χ3v) is 2.98. The van der Waals surface area contributed by atoms with Crippen LogP contribution in [0.4, 0.5) is 0 Å². The minimum atomic E-state index is -0.408. The van der Waals surface area contributed by atoms with E-state index in [-0.39, 0.29) is 0 Å². The first-order chi connectivity index (χ1) is 5.20. The van der Waals surface area contributed by atoms with Crippen molar-refractivity contribution in [3.05, 3.63) is 21.3 Å². The molecule has 4 heteroatoms. The topological polar surface area (TPSA) is 38.4 Å². The second-order valence-electron chi connectivity index (χ2n) is 2.62. The molecular weight excluding hydrogens is 180 g/mol. The molecule has 0 spiro atoms. The van der Waals surface area contributed by atoms with Crippen molar-refractivity contribution in [1.29, 1.82) is 0 Å². The molecule has 0 aliphatic carbocycles. The smallest absolute Gasteiger partial charge is 0.148 e. The first-order valence-electron chi connectivity index (χ1n) is 3.27. The van der Waals surface area contributed by atoms with Crippen LogP contribution in [-0.2, 0) is 6.42 Å². The first-order valence-corrected chi connectivity index (χ1v) is 4.52. The Morgan fingerprint density at radius 2 is 2.45 bits per heavy atom. The standard InChI is InChI=1S/C7H7ClN2S/c8-5-1-2-11-6(5)3-7(9)4-10-7/h1-2,4H,3,9H2. The number of nitrogens with two attached hydrogens (primary N) is 1. The van der Waals surface area contributed by atoms with Gasteiger partial charge in [0.25, 0.3) is 0 Å². The van der Waals surface area contributed by atoms with Crippen LogP contribution in [0.2, 0.25) is 5.02 Å². The second-order valence-corrected chi connectivity index (χ2v) is 4.03. The molecule has 0 bridgehead atoms. The lowest BCUT2D eigenvalue weighted by Crippen LogP contribution is -2.28. The Hall–Kier alpha value is -0.380. The van der Waals surface area contributed by atoms with Crippen LogP contribution in [0.15, 0.2) is 16.4 Å².